The summed E-state index contributed by atoms with van der Waals surface area (Å²) in [6.07, 6.45) is 68.3. The van der Waals surface area contributed by atoms with Crippen molar-refractivity contribution in [2.45, 2.75) is 283 Å². The van der Waals surface area contributed by atoms with E-state index in [1.165, 1.54) is 186 Å². The summed E-state index contributed by atoms with van der Waals surface area (Å²) in [6.45, 7) is 4.73. The van der Waals surface area contributed by atoms with Gasteiger partial charge in [-0.25, -0.2) is 0 Å². The van der Waals surface area contributed by atoms with E-state index in [1.807, 2.05) is 6.08 Å². The minimum Gasteiger partial charge on any atom is -0.465 e. The van der Waals surface area contributed by atoms with Gasteiger partial charge >= 0.3 is 5.97 Å². The first kappa shape index (κ1) is 61.6. The van der Waals surface area contributed by atoms with E-state index in [1.54, 1.807) is 6.08 Å². The number of carbonyl (C=O) groups is 2. The molecule has 0 saturated heterocycles. The minimum absolute atomic E-state index is 0.0448. The number of hydrogen-bond donors (Lipinski definition) is 3. The van der Waals surface area contributed by atoms with E-state index in [0.717, 1.165) is 57.8 Å². The third-order valence-corrected chi connectivity index (χ3v) is 12.3. The maximum atomic E-state index is 12.4. The largest absolute Gasteiger partial charge is 0.465 e. The maximum absolute atomic E-state index is 12.4. The van der Waals surface area contributed by atoms with Gasteiger partial charge in [-0.3, -0.25) is 9.59 Å². The molecule has 0 aliphatic rings. The molecule has 0 aliphatic heterocycles. The van der Waals surface area contributed by atoms with Crippen molar-refractivity contribution in [1.82, 2.24) is 5.32 Å². The predicted octanol–water partition coefficient (Wildman–Crippen LogP) is 16.8. The zero-order chi connectivity index (χ0) is 46.5. The Hall–Kier alpha value is -2.44. The van der Waals surface area contributed by atoms with E-state index >= 15 is 0 Å². The first-order valence-corrected chi connectivity index (χ1v) is 27.6. The van der Waals surface area contributed by atoms with Crippen LogP contribution in [0.1, 0.15) is 271 Å². The van der Waals surface area contributed by atoms with Gasteiger partial charge in [0, 0.05) is 12.8 Å². The number of aliphatic hydroxyl groups excluding tert-OH is 2. The molecule has 6 heteroatoms. The minimum atomic E-state index is -0.847. The number of allylic oxidation sites excluding steroid dienone is 8. The molecule has 2 atom stereocenters. The summed E-state index contributed by atoms with van der Waals surface area (Å²) < 4.78 is 5.41. The van der Waals surface area contributed by atoms with E-state index < -0.39 is 12.1 Å². The van der Waals surface area contributed by atoms with Crippen molar-refractivity contribution >= 4 is 11.9 Å². The molecule has 0 aromatic heterocycles. The summed E-state index contributed by atoms with van der Waals surface area (Å²) >= 11 is 0. The smallest absolute Gasteiger partial charge is 0.305 e. The van der Waals surface area contributed by atoms with Gasteiger partial charge in [-0.2, -0.15) is 0 Å². The highest BCUT2D eigenvalue weighted by Gasteiger charge is 2.18. The third-order valence-electron chi connectivity index (χ3n) is 12.3. The monoisotopic (exact) mass is 896 g/mol. The van der Waals surface area contributed by atoms with Crippen LogP contribution in [0.25, 0.3) is 0 Å². The van der Waals surface area contributed by atoms with E-state index in [2.05, 4.69) is 67.8 Å². The van der Waals surface area contributed by atoms with E-state index in [9.17, 15) is 19.8 Å². The number of aliphatic hydroxyl groups is 2. The van der Waals surface area contributed by atoms with Crippen LogP contribution in [0.4, 0.5) is 0 Å². The van der Waals surface area contributed by atoms with E-state index in [-0.39, 0.29) is 18.5 Å². The van der Waals surface area contributed by atoms with Crippen molar-refractivity contribution in [1.29, 1.82) is 0 Å². The molecule has 2 unspecified atom stereocenters. The van der Waals surface area contributed by atoms with Crippen LogP contribution in [-0.4, -0.2) is 47.4 Å². The van der Waals surface area contributed by atoms with Crippen LogP contribution in [0.3, 0.4) is 0 Å². The van der Waals surface area contributed by atoms with Gasteiger partial charge in [0.05, 0.1) is 25.4 Å². The standard InChI is InChI=1S/C58H105NO5/c1-3-5-7-9-11-13-14-15-16-22-26-29-32-36-40-44-48-52-58(63)64-53-49-45-41-37-33-30-27-24-21-19-17-18-20-23-25-28-31-35-39-43-47-51-57(62)59-55(54-60)56(61)50-46-42-38-34-12-10-8-6-4-2/h11,13,15-16,30,33,41,45-46,50,55-56,60-61H,3-10,12,14,17-29,31-32,34-40,42-44,47-49,51-54H2,1-2H3,(H,59,62)/b13-11-,16-15-,33-30-,45-41-,50-46+. The van der Waals surface area contributed by atoms with Gasteiger partial charge in [-0.1, -0.05) is 235 Å². The Morgan fingerprint density at radius 1 is 0.438 bits per heavy atom. The van der Waals surface area contributed by atoms with Crippen LogP contribution in [-0.2, 0) is 14.3 Å². The summed E-state index contributed by atoms with van der Waals surface area (Å²) in [7, 11) is 0. The highest BCUT2D eigenvalue weighted by Crippen LogP contribution is 2.15. The highest BCUT2D eigenvalue weighted by atomic mass is 16.5. The molecule has 0 radical (unpaired) electrons. The van der Waals surface area contributed by atoms with Gasteiger partial charge in [0.2, 0.25) is 5.91 Å². The SMILES string of the molecule is CCCCC/C=C\C/C=C\CCCCCCCCCC(=O)OCC/C=C\C/C=C\CCCCCCCCCCCCCCCCC(=O)NC(CO)C(O)/C=C/CCCCCCCCC. The lowest BCUT2D eigenvalue weighted by Crippen LogP contribution is -2.45. The molecule has 0 bridgehead atoms. The summed E-state index contributed by atoms with van der Waals surface area (Å²) in [4.78, 5) is 24.4. The lowest BCUT2D eigenvalue weighted by atomic mass is 10.0. The Morgan fingerprint density at radius 3 is 1.22 bits per heavy atom. The zero-order valence-corrected chi connectivity index (χ0v) is 42.2. The summed E-state index contributed by atoms with van der Waals surface area (Å²) in [6, 6.07) is -0.631. The molecule has 0 rings (SSSR count). The second-order valence-electron chi connectivity index (χ2n) is 18.5. The number of hydrogen-bond acceptors (Lipinski definition) is 5. The fourth-order valence-electron chi connectivity index (χ4n) is 8.03. The molecule has 3 N–H and O–H groups in total. The molecule has 0 fully saturated rings. The molecule has 0 spiro atoms. The van der Waals surface area contributed by atoms with Crippen LogP contribution >= 0.6 is 0 Å². The molecule has 372 valence electrons. The van der Waals surface area contributed by atoms with Gasteiger partial charge in [-0.05, 0) is 83.5 Å². The van der Waals surface area contributed by atoms with Gasteiger partial charge in [0.25, 0.3) is 0 Å². The molecule has 0 heterocycles. The Kier molecular flexibility index (Phi) is 51.2. The highest BCUT2D eigenvalue weighted by molar-refractivity contribution is 5.76. The number of amides is 1. The number of ether oxygens (including phenoxy) is 1. The molecular weight excluding hydrogens is 791 g/mol. The molecule has 0 aromatic rings. The second kappa shape index (κ2) is 53.2. The predicted molar refractivity (Wildman–Crippen MR) is 278 cm³/mol. The average molecular weight is 896 g/mol. The first-order valence-electron chi connectivity index (χ1n) is 27.6. The number of esters is 1. The van der Waals surface area contributed by atoms with Crippen molar-refractivity contribution in [2.75, 3.05) is 13.2 Å². The topological polar surface area (TPSA) is 95.9 Å². The van der Waals surface area contributed by atoms with Crippen molar-refractivity contribution in [3.63, 3.8) is 0 Å². The van der Waals surface area contributed by atoms with Gasteiger partial charge in [0.15, 0.2) is 0 Å². The quantitative estimate of drug-likeness (QED) is 0.0321. The molecule has 0 aromatic carbocycles. The van der Waals surface area contributed by atoms with Gasteiger partial charge < -0.3 is 20.3 Å². The first-order chi connectivity index (χ1) is 31.5. The average Bonchev–Trinajstić information content (AvgIpc) is 3.29. The number of nitrogens with one attached hydrogen (secondary N) is 1. The lowest BCUT2D eigenvalue weighted by molar-refractivity contribution is -0.143. The summed E-state index contributed by atoms with van der Waals surface area (Å²) in [5, 5.41) is 22.9. The molecule has 1 amide bonds. The van der Waals surface area contributed by atoms with Crippen molar-refractivity contribution in [3.8, 4) is 0 Å². The van der Waals surface area contributed by atoms with Crippen molar-refractivity contribution in [2.24, 2.45) is 0 Å². The van der Waals surface area contributed by atoms with E-state index in [4.69, 9.17) is 4.74 Å². The third kappa shape index (κ3) is 49.0. The fraction of sp³-hybridized carbons (Fsp3) is 0.793. The van der Waals surface area contributed by atoms with Crippen molar-refractivity contribution < 1.29 is 24.5 Å². The summed E-state index contributed by atoms with van der Waals surface area (Å²) in [5.41, 5.74) is 0. The van der Waals surface area contributed by atoms with Gasteiger partial charge in [0.1, 0.15) is 0 Å². The molecule has 64 heavy (non-hydrogen) atoms. The normalized spacial score (nSPS) is 13.1. The van der Waals surface area contributed by atoms with Crippen LogP contribution < -0.4 is 5.32 Å². The Balaban J connectivity index is 3.46. The molecule has 6 nitrogen and oxygen atoms in total. The Morgan fingerprint density at radius 2 is 0.781 bits per heavy atom. The Bertz CT molecular complexity index is 1130. The van der Waals surface area contributed by atoms with Crippen LogP contribution in [0.2, 0.25) is 0 Å². The summed E-state index contributed by atoms with van der Waals surface area (Å²) in [5.74, 6) is -0.122. The van der Waals surface area contributed by atoms with Gasteiger partial charge in [-0.15, -0.1) is 0 Å². The van der Waals surface area contributed by atoms with E-state index in [0.29, 0.717) is 19.4 Å². The van der Waals surface area contributed by atoms with Crippen LogP contribution in [0, 0.1) is 0 Å². The van der Waals surface area contributed by atoms with Crippen LogP contribution in [0.5, 0.6) is 0 Å². The Labute approximate surface area is 397 Å². The maximum Gasteiger partial charge on any atom is 0.305 e. The second-order valence-corrected chi connectivity index (χ2v) is 18.5. The molecule has 0 saturated carbocycles. The molecule has 0 aliphatic carbocycles. The number of carbonyl (C=O) groups excluding carboxylic acids is 2. The number of rotatable bonds is 50. The number of unbranched alkanes of at least 4 members (excludes halogenated alkanes) is 31. The van der Waals surface area contributed by atoms with Crippen molar-refractivity contribution in [3.05, 3.63) is 60.8 Å². The van der Waals surface area contributed by atoms with Crippen LogP contribution in [0.15, 0.2) is 60.8 Å². The lowest BCUT2D eigenvalue weighted by Gasteiger charge is -2.20. The zero-order valence-electron chi connectivity index (χ0n) is 42.2. The molecular formula is C58H105NO5. The fourth-order valence-corrected chi connectivity index (χ4v) is 8.03.